The molecule has 2 amide bonds. The first kappa shape index (κ1) is 25.1. The molecule has 0 saturated carbocycles. The van der Waals surface area contributed by atoms with Crippen LogP contribution in [0.5, 0.6) is 5.75 Å². The van der Waals surface area contributed by atoms with Crippen molar-refractivity contribution in [3.63, 3.8) is 0 Å². The Hall–Kier alpha value is -3.00. The normalized spacial score (nSPS) is 21.1. The van der Waals surface area contributed by atoms with E-state index in [0.717, 1.165) is 13.1 Å². The number of carbonyl (C=O) groups excluding carboxylic acids is 2. The summed E-state index contributed by atoms with van der Waals surface area (Å²) in [7, 11) is 2.04. The summed E-state index contributed by atoms with van der Waals surface area (Å²) in [5.41, 5.74) is 0.525. The zero-order valence-corrected chi connectivity index (χ0v) is 20.2. The van der Waals surface area contributed by atoms with Crippen molar-refractivity contribution in [1.82, 2.24) is 14.7 Å². The van der Waals surface area contributed by atoms with Gasteiger partial charge in [-0.25, -0.2) is 8.78 Å². The second-order valence-electron chi connectivity index (χ2n) is 9.48. The smallest absolute Gasteiger partial charge is 0.223 e. The highest BCUT2D eigenvalue weighted by Gasteiger charge is 2.35. The summed E-state index contributed by atoms with van der Waals surface area (Å²) in [6.07, 6.45) is 1.15. The molecule has 6 nitrogen and oxygen atoms in total. The van der Waals surface area contributed by atoms with Gasteiger partial charge in [0.15, 0.2) is 0 Å². The fourth-order valence-corrected chi connectivity index (χ4v) is 4.79. The minimum atomic E-state index is -0.339. The standard InChI is InChI=1S/C27H33F2N3O3/c1-30-14-16-31(17-15-30)27(34)18-21-19-32(26(33)11-6-20-4-2-3-5-24(20)29)13-12-25(21)35-23-9-7-22(28)8-10-23/h2-5,7-10,21,25H,6,11-19H2,1H3/t21-,25-/m0/s1. The molecule has 0 aliphatic carbocycles. The Balaban J connectivity index is 1.41. The van der Waals surface area contributed by atoms with E-state index in [1.54, 1.807) is 35.2 Å². The predicted octanol–water partition coefficient (Wildman–Crippen LogP) is 3.36. The summed E-state index contributed by atoms with van der Waals surface area (Å²) in [6.45, 7) is 3.97. The highest BCUT2D eigenvalue weighted by atomic mass is 19.1. The molecule has 2 aromatic carbocycles. The maximum atomic E-state index is 14.0. The molecule has 2 aliphatic rings. The molecule has 2 fully saturated rings. The average Bonchev–Trinajstić information content (AvgIpc) is 2.86. The van der Waals surface area contributed by atoms with Crippen LogP contribution in [-0.2, 0) is 16.0 Å². The lowest BCUT2D eigenvalue weighted by atomic mass is 9.90. The average molecular weight is 486 g/mol. The van der Waals surface area contributed by atoms with Gasteiger partial charge < -0.3 is 19.4 Å². The predicted molar refractivity (Wildman–Crippen MR) is 129 cm³/mol. The molecule has 0 aromatic heterocycles. The molecule has 0 spiro atoms. The van der Waals surface area contributed by atoms with Gasteiger partial charge in [0.25, 0.3) is 0 Å². The van der Waals surface area contributed by atoms with Crippen LogP contribution >= 0.6 is 0 Å². The first-order valence-corrected chi connectivity index (χ1v) is 12.3. The van der Waals surface area contributed by atoms with Gasteiger partial charge in [0.1, 0.15) is 23.5 Å². The topological polar surface area (TPSA) is 53.1 Å². The Morgan fingerprint density at radius 2 is 1.63 bits per heavy atom. The molecule has 188 valence electrons. The number of likely N-dealkylation sites (N-methyl/N-ethyl adjacent to an activating group) is 1. The van der Waals surface area contributed by atoms with Crippen molar-refractivity contribution in [3.05, 3.63) is 65.7 Å². The van der Waals surface area contributed by atoms with E-state index < -0.39 is 0 Å². The van der Waals surface area contributed by atoms with Crippen molar-refractivity contribution in [2.24, 2.45) is 5.92 Å². The van der Waals surface area contributed by atoms with Crippen molar-refractivity contribution in [1.29, 1.82) is 0 Å². The second-order valence-corrected chi connectivity index (χ2v) is 9.48. The van der Waals surface area contributed by atoms with Crippen molar-refractivity contribution >= 4 is 11.8 Å². The SMILES string of the molecule is CN1CCN(C(=O)C[C@H]2CN(C(=O)CCc3ccccc3F)CC[C@@H]2Oc2ccc(F)cc2)CC1. The van der Waals surface area contributed by atoms with Gasteiger partial charge in [-0.2, -0.15) is 0 Å². The van der Waals surface area contributed by atoms with E-state index in [9.17, 15) is 18.4 Å². The number of piperidine rings is 1. The van der Waals surface area contributed by atoms with E-state index in [-0.39, 0.29) is 48.3 Å². The van der Waals surface area contributed by atoms with Gasteiger partial charge >= 0.3 is 0 Å². The number of carbonyl (C=O) groups is 2. The van der Waals surface area contributed by atoms with Crippen LogP contribution in [0.15, 0.2) is 48.5 Å². The third kappa shape index (κ3) is 6.78. The van der Waals surface area contributed by atoms with Crippen LogP contribution in [0.1, 0.15) is 24.8 Å². The molecule has 2 aromatic rings. The maximum absolute atomic E-state index is 14.0. The summed E-state index contributed by atoms with van der Waals surface area (Å²) >= 11 is 0. The lowest BCUT2D eigenvalue weighted by Crippen LogP contribution is -2.51. The molecule has 2 saturated heterocycles. The number of aryl methyl sites for hydroxylation is 1. The Morgan fingerprint density at radius 1 is 0.914 bits per heavy atom. The number of nitrogens with zero attached hydrogens (tertiary/aromatic N) is 3. The van der Waals surface area contributed by atoms with E-state index in [1.807, 2.05) is 11.9 Å². The molecule has 0 bridgehead atoms. The summed E-state index contributed by atoms with van der Waals surface area (Å²) in [4.78, 5) is 31.9. The monoisotopic (exact) mass is 485 g/mol. The Labute approximate surface area is 205 Å². The zero-order valence-electron chi connectivity index (χ0n) is 20.2. The summed E-state index contributed by atoms with van der Waals surface area (Å²) in [6, 6.07) is 12.4. The van der Waals surface area contributed by atoms with Crippen LogP contribution < -0.4 is 4.74 Å². The van der Waals surface area contributed by atoms with E-state index in [1.165, 1.54) is 18.2 Å². The fraction of sp³-hybridized carbons (Fsp3) is 0.481. The molecule has 2 heterocycles. The van der Waals surface area contributed by atoms with Crippen LogP contribution in [0.2, 0.25) is 0 Å². The number of benzene rings is 2. The van der Waals surface area contributed by atoms with Crippen LogP contribution in [0.4, 0.5) is 8.78 Å². The maximum Gasteiger partial charge on any atom is 0.223 e. The summed E-state index contributed by atoms with van der Waals surface area (Å²) in [5, 5.41) is 0. The lowest BCUT2D eigenvalue weighted by Gasteiger charge is -2.40. The van der Waals surface area contributed by atoms with E-state index >= 15 is 0 Å². The number of piperazine rings is 1. The Morgan fingerprint density at radius 3 is 2.34 bits per heavy atom. The summed E-state index contributed by atoms with van der Waals surface area (Å²) < 4.78 is 33.5. The largest absolute Gasteiger partial charge is 0.490 e. The molecule has 2 atom stereocenters. The van der Waals surface area contributed by atoms with Crippen LogP contribution in [0, 0.1) is 17.6 Å². The van der Waals surface area contributed by atoms with Gasteiger partial charge in [0.2, 0.25) is 11.8 Å². The molecule has 8 heteroatoms. The third-order valence-corrected chi connectivity index (χ3v) is 6.98. The molecule has 2 aliphatic heterocycles. The highest BCUT2D eigenvalue weighted by molar-refractivity contribution is 5.78. The molecule has 0 N–H and O–H groups in total. The minimum absolute atomic E-state index is 0.0504. The number of hydrogen-bond acceptors (Lipinski definition) is 4. The minimum Gasteiger partial charge on any atom is -0.490 e. The lowest BCUT2D eigenvalue weighted by molar-refractivity contribution is -0.140. The number of rotatable bonds is 7. The molecule has 4 rings (SSSR count). The molecule has 0 unspecified atom stereocenters. The molecular weight excluding hydrogens is 452 g/mol. The number of ether oxygens (including phenoxy) is 1. The van der Waals surface area contributed by atoms with Crippen LogP contribution in [0.25, 0.3) is 0 Å². The first-order valence-electron chi connectivity index (χ1n) is 12.3. The van der Waals surface area contributed by atoms with Gasteiger partial charge in [0, 0.05) is 64.4 Å². The number of likely N-dealkylation sites (tertiary alicyclic amines) is 1. The molecular formula is C27H33F2N3O3. The van der Waals surface area contributed by atoms with Crippen LogP contribution in [0.3, 0.4) is 0 Å². The van der Waals surface area contributed by atoms with Gasteiger partial charge in [-0.1, -0.05) is 18.2 Å². The van der Waals surface area contributed by atoms with E-state index in [0.29, 0.717) is 50.3 Å². The third-order valence-electron chi connectivity index (χ3n) is 6.98. The molecule has 0 radical (unpaired) electrons. The number of halogens is 2. The van der Waals surface area contributed by atoms with Gasteiger partial charge in [-0.05, 0) is 49.4 Å². The molecule has 35 heavy (non-hydrogen) atoms. The number of hydrogen-bond donors (Lipinski definition) is 0. The fourth-order valence-electron chi connectivity index (χ4n) is 4.79. The van der Waals surface area contributed by atoms with Gasteiger partial charge in [-0.3, -0.25) is 9.59 Å². The van der Waals surface area contributed by atoms with Crippen LogP contribution in [-0.4, -0.2) is 78.9 Å². The van der Waals surface area contributed by atoms with Crippen molar-refractivity contribution < 1.29 is 23.1 Å². The van der Waals surface area contributed by atoms with E-state index in [2.05, 4.69) is 4.90 Å². The van der Waals surface area contributed by atoms with Gasteiger partial charge in [0.05, 0.1) is 0 Å². The van der Waals surface area contributed by atoms with Gasteiger partial charge in [-0.15, -0.1) is 0 Å². The number of amides is 2. The van der Waals surface area contributed by atoms with Crippen molar-refractivity contribution in [2.45, 2.75) is 31.8 Å². The Kier molecular flexibility index (Phi) is 8.33. The van der Waals surface area contributed by atoms with E-state index in [4.69, 9.17) is 4.74 Å². The summed E-state index contributed by atoms with van der Waals surface area (Å²) in [5.74, 6) is -0.259. The quantitative estimate of drug-likeness (QED) is 0.604. The van der Waals surface area contributed by atoms with Crippen molar-refractivity contribution in [3.8, 4) is 5.75 Å². The van der Waals surface area contributed by atoms with Crippen molar-refractivity contribution in [2.75, 3.05) is 46.3 Å². The Bertz CT molecular complexity index is 1010. The highest BCUT2D eigenvalue weighted by Crippen LogP contribution is 2.27. The second kappa shape index (κ2) is 11.6. The first-order chi connectivity index (χ1) is 16.9. The zero-order chi connectivity index (χ0) is 24.8.